The van der Waals surface area contributed by atoms with Gasteiger partial charge in [0.1, 0.15) is 0 Å². The lowest BCUT2D eigenvalue weighted by molar-refractivity contribution is -0.136. The lowest BCUT2D eigenvalue weighted by atomic mass is 9.92. The Bertz CT molecular complexity index is 1070. The van der Waals surface area contributed by atoms with E-state index in [9.17, 15) is 9.59 Å². The van der Waals surface area contributed by atoms with Crippen LogP contribution in [0, 0.1) is 0 Å². The van der Waals surface area contributed by atoms with Crippen LogP contribution in [0.5, 0.6) is 17.2 Å². The molecule has 8 nitrogen and oxygen atoms in total. The van der Waals surface area contributed by atoms with E-state index in [1.807, 2.05) is 0 Å². The molecule has 1 atom stereocenters. The fraction of sp³-hybridized carbons (Fsp3) is 0.286. The molecule has 0 aliphatic carbocycles. The number of carbonyl (C=O) groups excluding carboxylic acids is 2. The lowest BCUT2D eigenvalue weighted by Crippen LogP contribution is -2.40. The first kappa shape index (κ1) is 20.0. The molecular weight excluding hydrogens is 412 g/mol. The van der Waals surface area contributed by atoms with Crippen LogP contribution in [0.25, 0.3) is 0 Å². The van der Waals surface area contributed by atoms with Gasteiger partial charge >= 0.3 is 0 Å². The highest BCUT2D eigenvalue weighted by Crippen LogP contribution is 2.44. The molecule has 2 aliphatic rings. The minimum absolute atomic E-state index is 0.112. The van der Waals surface area contributed by atoms with Crippen LogP contribution in [0.4, 0.5) is 5.69 Å². The van der Waals surface area contributed by atoms with Gasteiger partial charge in [0.05, 0.1) is 39.1 Å². The Kier molecular flexibility index (Phi) is 5.03. The maximum Gasteiger partial charge on any atom is 0.281 e. The molecule has 1 saturated heterocycles. The topological polar surface area (TPSA) is 86.7 Å². The van der Waals surface area contributed by atoms with Gasteiger partial charge in [-0.15, -0.1) is 0 Å². The van der Waals surface area contributed by atoms with E-state index in [-0.39, 0.29) is 18.7 Å². The molecule has 2 heterocycles. The Labute approximate surface area is 177 Å². The van der Waals surface area contributed by atoms with Crippen molar-refractivity contribution in [3.63, 3.8) is 0 Å². The number of carbonyl (C=O) groups is 2. The van der Waals surface area contributed by atoms with Crippen LogP contribution in [0.2, 0.25) is 5.02 Å². The van der Waals surface area contributed by atoms with E-state index < -0.39 is 11.5 Å². The average Bonchev–Trinajstić information content (AvgIpc) is 3.27. The van der Waals surface area contributed by atoms with Gasteiger partial charge in [-0.2, -0.15) is 0 Å². The molecule has 0 N–H and O–H groups in total. The van der Waals surface area contributed by atoms with E-state index in [0.29, 0.717) is 39.2 Å². The summed E-state index contributed by atoms with van der Waals surface area (Å²) in [5.41, 5.74) is 0.0675. The van der Waals surface area contributed by atoms with Gasteiger partial charge in [-0.05, 0) is 30.3 Å². The van der Waals surface area contributed by atoms with Crippen LogP contribution in [0.15, 0.2) is 41.6 Å². The molecule has 4 rings (SSSR count). The minimum atomic E-state index is -1.40. The SMILES string of the molecule is COc1ccc(C2=NO[C@@]3(CC(=O)N(c4cccc(Cl)c4)C3=O)C2)c(OC)c1OC. The third-order valence-electron chi connectivity index (χ3n) is 5.14. The van der Waals surface area contributed by atoms with Gasteiger partial charge in [-0.3, -0.25) is 9.59 Å². The molecule has 1 fully saturated rings. The van der Waals surface area contributed by atoms with E-state index in [0.717, 1.165) is 4.90 Å². The van der Waals surface area contributed by atoms with Crippen LogP contribution in [-0.4, -0.2) is 44.5 Å². The fourth-order valence-corrected chi connectivity index (χ4v) is 3.94. The van der Waals surface area contributed by atoms with Gasteiger partial charge in [-0.1, -0.05) is 22.8 Å². The average molecular weight is 431 g/mol. The van der Waals surface area contributed by atoms with Crippen LogP contribution in [0.1, 0.15) is 18.4 Å². The number of hydrogen-bond acceptors (Lipinski definition) is 7. The number of nitrogens with zero attached hydrogens (tertiary/aromatic N) is 2. The number of rotatable bonds is 5. The molecule has 0 radical (unpaired) electrons. The number of halogens is 1. The molecule has 30 heavy (non-hydrogen) atoms. The standard InChI is InChI=1S/C21H19ClN2O6/c1-27-16-8-7-14(18(28-2)19(16)29-3)15-10-21(30-23-15)11-17(25)24(20(21)26)13-6-4-5-12(22)9-13/h4-9H,10-11H2,1-3H3/t21-/m1/s1. The molecule has 9 heteroatoms. The number of amides is 2. The summed E-state index contributed by atoms with van der Waals surface area (Å²) in [5, 5.41) is 4.55. The molecule has 2 aromatic carbocycles. The molecule has 0 bridgehead atoms. The first-order chi connectivity index (χ1) is 14.4. The minimum Gasteiger partial charge on any atom is -0.493 e. The maximum absolute atomic E-state index is 13.2. The maximum atomic E-state index is 13.2. The zero-order valence-electron chi connectivity index (χ0n) is 16.6. The van der Waals surface area contributed by atoms with Gasteiger partial charge in [-0.25, -0.2) is 4.90 Å². The van der Waals surface area contributed by atoms with Crippen molar-refractivity contribution in [2.75, 3.05) is 26.2 Å². The zero-order valence-corrected chi connectivity index (χ0v) is 17.4. The molecule has 0 aromatic heterocycles. The first-order valence-electron chi connectivity index (χ1n) is 9.11. The molecule has 1 spiro atoms. The molecular formula is C21H19ClN2O6. The van der Waals surface area contributed by atoms with E-state index in [4.69, 9.17) is 30.6 Å². The molecule has 2 aliphatic heterocycles. The molecule has 0 saturated carbocycles. The van der Waals surface area contributed by atoms with Gasteiger partial charge in [0.25, 0.3) is 5.91 Å². The quantitative estimate of drug-likeness (QED) is 0.677. The summed E-state index contributed by atoms with van der Waals surface area (Å²) in [4.78, 5) is 32.5. The van der Waals surface area contributed by atoms with E-state index in [1.165, 1.54) is 21.3 Å². The smallest absolute Gasteiger partial charge is 0.281 e. The molecule has 2 amide bonds. The predicted octanol–water partition coefficient (Wildman–Crippen LogP) is 3.19. The van der Waals surface area contributed by atoms with Crippen LogP contribution in [-0.2, 0) is 14.4 Å². The molecule has 156 valence electrons. The monoisotopic (exact) mass is 430 g/mol. The van der Waals surface area contributed by atoms with Gasteiger partial charge in [0.15, 0.2) is 11.5 Å². The summed E-state index contributed by atoms with van der Waals surface area (Å²) in [6.07, 6.45) is -0.0125. The summed E-state index contributed by atoms with van der Waals surface area (Å²) < 4.78 is 16.2. The highest BCUT2D eigenvalue weighted by Gasteiger charge is 2.58. The summed E-state index contributed by atoms with van der Waals surface area (Å²) in [6.45, 7) is 0. The van der Waals surface area contributed by atoms with Crippen molar-refractivity contribution in [2.45, 2.75) is 18.4 Å². The molecule has 2 aromatic rings. The number of ether oxygens (including phenoxy) is 3. The second kappa shape index (κ2) is 7.53. The van der Waals surface area contributed by atoms with Crippen molar-refractivity contribution in [1.82, 2.24) is 0 Å². The van der Waals surface area contributed by atoms with Crippen molar-refractivity contribution in [3.05, 3.63) is 47.0 Å². The second-order valence-corrected chi connectivity index (χ2v) is 7.31. The van der Waals surface area contributed by atoms with E-state index in [2.05, 4.69) is 5.16 Å². The van der Waals surface area contributed by atoms with Crippen LogP contribution >= 0.6 is 11.6 Å². The van der Waals surface area contributed by atoms with Crippen molar-refractivity contribution >= 4 is 34.8 Å². The van der Waals surface area contributed by atoms with Crippen LogP contribution < -0.4 is 19.1 Å². The molecule has 0 unspecified atom stereocenters. The van der Waals surface area contributed by atoms with Gasteiger partial charge in [0.2, 0.25) is 17.3 Å². The fourth-order valence-electron chi connectivity index (χ4n) is 3.75. The first-order valence-corrected chi connectivity index (χ1v) is 9.49. The highest BCUT2D eigenvalue weighted by atomic mass is 35.5. The summed E-state index contributed by atoms with van der Waals surface area (Å²) in [7, 11) is 4.52. The Morgan fingerprint density at radius 2 is 1.80 bits per heavy atom. The van der Waals surface area contributed by atoms with Gasteiger partial charge < -0.3 is 19.0 Å². The Morgan fingerprint density at radius 3 is 2.47 bits per heavy atom. The zero-order chi connectivity index (χ0) is 21.5. The van der Waals surface area contributed by atoms with Crippen molar-refractivity contribution < 1.29 is 28.6 Å². The summed E-state index contributed by atoms with van der Waals surface area (Å²) >= 11 is 6.02. The van der Waals surface area contributed by atoms with E-state index >= 15 is 0 Å². The van der Waals surface area contributed by atoms with E-state index in [1.54, 1.807) is 36.4 Å². The summed E-state index contributed by atoms with van der Waals surface area (Å²) in [5.74, 6) is 0.438. The number of imide groups is 1. The second-order valence-electron chi connectivity index (χ2n) is 6.87. The Balaban J connectivity index is 1.66. The Hall–Kier alpha value is -3.26. The van der Waals surface area contributed by atoms with Gasteiger partial charge in [0, 0.05) is 17.0 Å². The third-order valence-corrected chi connectivity index (χ3v) is 5.38. The van der Waals surface area contributed by atoms with Crippen molar-refractivity contribution in [3.8, 4) is 17.2 Å². The highest BCUT2D eigenvalue weighted by molar-refractivity contribution is 6.31. The number of anilines is 1. The lowest BCUT2D eigenvalue weighted by Gasteiger charge is -2.20. The Morgan fingerprint density at radius 1 is 1.03 bits per heavy atom. The van der Waals surface area contributed by atoms with Crippen molar-refractivity contribution in [1.29, 1.82) is 0 Å². The van der Waals surface area contributed by atoms with Crippen molar-refractivity contribution in [2.24, 2.45) is 5.16 Å². The number of methoxy groups -OCH3 is 3. The largest absolute Gasteiger partial charge is 0.493 e. The number of oxime groups is 1. The number of benzene rings is 2. The normalized spacial score (nSPS) is 20.4. The van der Waals surface area contributed by atoms with Crippen LogP contribution in [0.3, 0.4) is 0 Å². The number of hydrogen-bond donors (Lipinski definition) is 0. The predicted molar refractivity (Wildman–Crippen MR) is 110 cm³/mol. The summed E-state index contributed by atoms with van der Waals surface area (Å²) in [6, 6.07) is 10.0. The third kappa shape index (κ3) is 3.04.